The Morgan fingerprint density at radius 3 is 2.32 bits per heavy atom. The molecule has 10 heteroatoms. The first-order valence-electron chi connectivity index (χ1n) is 13.4. The number of benzene rings is 3. The van der Waals surface area contributed by atoms with Crippen molar-refractivity contribution in [2.45, 2.75) is 25.9 Å². The fourth-order valence-corrected chi connectivity index (χ4v) is 4.48. The van der Waals surface area contributed by atoms with Crippen LogP contribution in [0.5, 0.6) is 23.0 Å². The molecule has 1 saturated heterocycles. The monoisotopic (exact) mass is 554 g/mol. The van der Waals surface area contributed by atoms with Gasteiger partial charge in [0.15, 0.2) is 17.3 Å². The Morgan fingerprint density at radius 1 is 0.951 bits per heavy atom. The van der Waals surface area contributed by atoms with E-state index in [1.54, 1.807) is 42.6 Å². The first kappa shape index (κ1) is 27.4. The minimum atomic E-state index is -1.00. The van der Waals surface area contributed by atoms with Crippen LogP contribution >= 0.6 is 0 Å². The van der Waals surface area contributed by atoms with Crippen molar-refractivity contribution in [3.05, 3.63) is 96.3 Å². The molecule has 1 amide bonds. The van der Waals surface area contributed by atoms with Gasteiger partial charge in [0.1, 0.15) is 23.4 Å². The van der Waals surface area contributed by atoms with Gasteiger partial charge in [0.05, 0.1) is 31.1 Å². The molecule has 3 aromatic carbocycles. The molecule has 1 atom stereocenters. The zero-order valence-electron chi connectivity index (χ0n) is 22.5. The highest BCUT2D eigenvalue weighted by Crippen LogP contribution is 2.30. The molecule has 0 aliphatic carbocycles. The molecule has 2 heterocycles. The third-order valence-corrected chi connectivity index (χ3v) is 6.46. The van der Waals surface area contributed by atoms with Crippen molar-refractivity contribution >= 4 is 23.5 Å². The van der Waals surface area contributed by atoms with Gasteiger partial charge in [-0.05, 0) is 80.4 Å². The molecule has 0 spiro atoms. The summed E-state index contributed by atoms with van der Waals surface area (Å²) in [5.74, 6) is 2.12. The first-order chi connectivity index (χ1) is 20.0. The summed E-state index contributed by atoms with van der Waals surface area (Å²) < 4.78 is 17.7. The van der Waals surface area contributed by atoms with E-state index >= 15 is 0 Å². The highest BCUT2D eigenvalue weighted by atomic mass is 16.5. The van der Waals surface area contributed by atoms with Gasteiger partial charge >= 0.3 is 5.97 Å². The summed E-state index contributed by atoms with van der Waals surface area (Å²) in [6, 6.07) is 20.4. The maximum Gasteiger partial charge on any atom is 0.335 e. The molecule has 1 aliphatic rings. The van der Waals surface area contributed by atoms with E-state index in [1.807, 2.05) is 31.2 Å². The summed E-state index contributed by atoms with van der Waals surface area (Å²) in [6.07, 6.45) is 4.99. The van der Waals surface area contributed by atoms with E-state index in [1.165, 1.54) is 18.3 Å². The summed E-state index contributed by atoms with van der Waals surface area (Å²) in [7, 11) is 0. The van der Waals surface area contributed by atoms with Gasteiger partial charge in [-0.2, -0.15) is 0 Å². The number of hydrogen-bond donors (Lipinski definition) is 2. The van der Waals surface area contributed by atoms with Crippen LogP contribution in [0.4, 0.5) is 11.6 Å². The molecule has 41 heavy (non-hydrogen) atoms. The van der Waals surface area contributed by atoms with E-state index in [2.05, 4.69) is 20.2 Å². The zero-order chi connectivity index (χ0) is 28.6. The number of nitrogens with zero attached hydrogens (tertiary/aromatic N) is 3. The second kappa shape index (κ2) is 12.8. The standard InChI is InChI=1S/C31H30N4O6/c1-2-39-26-7-3-4-8-27(26)41-25-6-5-17-35(20-25)29-19-32-18-28(33-29)34-30(36)21-9-13-23(14-10-21)40-24-15-11-22(12-16-24)31(37)38/h3-4,7-16,18-19,25H,2,5-6,17,20H2,1H3,(H,37,38)(H,33,34,36)/t25-/m1/s1. The maximum absolute atomic E-state index is 12.9. The Morgan fingerprint density at radius 2 is 1.63 bits per heavy atom. The molecule has 1 aromatic heterocycles. The van der Waals surface area contributed by atoms with Gasteiger partial charge in [0.25, 0.3) is 5.91 Å². The van der Waals surface area contributed by atoms with Crippen molar-refractivity contribution in [1.82, 2.24) is 9.97 Å². The van der Waals surface area contributed by atoms with Crippen LogP contribution in [0.1, 0.15) is 40.5 Å². The molecule has 5 rings (SSSR count). The molecular formula is C31H30N4O6. The third kappa shape index (κ3) is 7.10. The van der Waals surface area contributed by atoms with Crippen molar-refractivity contribution in [2.24, 2.45) is 0 Å². The maximum atomic E-state index is 12.9. The van der Waals surface area contributed by atoms with Crippen molar-refractivity contribution in [1.29, 1.82) is 0 Å². The topological polar surface area (TPSA) is 123 Å². The third-order valence-electron chi connectivity index (χ3n) is 6.46. The average molecular weight is 555 g/mol. The molecule has 0 saturated carbocycles. The summed E-state index contributed by atoms with van der Waals surface area (Å²) in [5.41, 5.74) is 0.596. The quantitative estimate of drug-likeness (QED) is 0.255. The molecule has 210 valence electrons. The predicted molar refractivity (Wildman–Crippen MR) is 153 cm³/mol. The summed E-state index contributed by atoms with van der Waals surface area (Å²) in [4.78, 5) is 34.9. The molecule has 4 aromatic rings. The van der Waals surface area contributed by atoms with Crippen molar-refractivity contribution in [3.8, 4) is 23.0 Å². The van der Waals surface area contributed by atoms with Gasteiger partial charge < -0.3 is 29.5 Å². The number of rotatable bonds is 10. The van der Waals surface area contributed by atoms with Crippen LogP contribution in [0.25, 0.3) is 0 Å². The fourth-order valence-electron chi connectivity index (χ4n) is 4.48. The number of hydrogen-bond acceptors (Lipinski definition) is 8. The van der Waals surface area contributed by atoms with Crippen LogP contribution in [0.15, 0.2) is 85.2 Å². The number of amides is 1. The minimum Gasteiger partial charge on any atom is -0.490 e. The lowest BCUT2D eigenvalue weighted by atomic mass is 10.1. The number of carbonyl (C=O) groups excluding carboxylic acids is 1. The number of ether oxygens (including phenoxy) is 3. The molecule has 0 radical (unpaired) electrons. The lowest BCUT2D eigenvalue weighted by molar-refractivity contribution is 0.0696. The molecule has 1 fully saturated rings. The number of carbonyl (C=O) groups is 2. The van der Waals surface area contributed by atoms with E-state index < -0.39 is 5.97 Å². The van der Waals surface area contributed by atoms with Gasteiger partial charge in [0, 0.05) is 12.1 Å². The van der Waals surface area contributed by atoms with E-state index in [0.29, 0.717) is 41.8 Å². The molecular weight excluding hydrogens is 524 g/mol. The molecule has 0 unspecified atom stereocenters. The Kier molecular flexibility index (Phi) is 8.58. The zero-order valence-corrected chi connectivity index (χ0v) is 22.5. The number of nitrogens with one attached hydrogen (secondary N) is 1. The minimum absolute atomic E-state index is 0.0405. The van der Waals surface area contributed by atoms with Gasteiger partial charge in [-0.1, -0.05) is 12.1 Å². The van der Waals surface area contributed by atoms with Crippen LogP contribution in [-0.2, 0) is 0 Å². The smallest absolute Gasteiger partial charge is 0.335 e. The van der Waals surface area contributed by atoms with Crippen LogP contribution in [0.2, 0.25) is 0 Å². The number of carboxylic acid groups (broad SMARTS) is 1. The number of aromatic carboxylic acids is 1. The molecule has 1 aliphatic heterocycles. The van der Waals surface area contributed by atoms with E-state index in [9.17, 15) is 9.59 Å². The van der Waals surface area contributed by atoms with E-state index in [4.69, 9.17) is 19.3 Å². The summed E-state index contributed by atoms with van der Waals surface area (Å²) >= 11 is 0. The van der Waals surface area contributed by atoms with Gasteiger partial charge in [-0.3, -0.25) is 9.78 Å². The van der Waals surface area contributed by atoms with Gasteiger partial charge in [-0.15, -0.1) is 0 Å². The second-order valence-electron chi connectivity index (χ2n) is 9.38. The van der Waals surface area contributed by atoms with Crippen molar-refractivity contribution < 1.29 is 28.9 Å². The summed E-state index contributed by atoms with van der Waals surface area (Å²) in [5, 5.41) is 11.8. The Balaban J connectivity index is 1.19. The largest absolute Gasteiger partial charge is 0.490 e. The molecule has 2 N–H and O–H groups in total. The van der Waals surface area contributed by atoms with Gasteiger partial charge in [-0.25, -0.2) is 9.78 Å². The van der Waals surface area contributed by atoms with E-state index in [0.717, 1.165) is 30.9 Å². The number of para-hydroxylation sites is 2. The van der Waals surface area contributed by atoms with E-state index in [-0.39, 0.29) is 17.6 Å². The Hall–Kier alpha value is -5.12. The van der Waals surface area contributed by atoms with Crippen molar-refractivity contribution in [2.75, 3.05) is 29.9 Å². The Labute approximate surface area is 237 Å². The first-order valence-corrected chi connectivity index (χ1v) is 13.4. The lowest BCUT2D eigenvalue weighted by Gasteiger charge is -2.33. The molecule has 0 bridgehead atoms. The Bertz CT molecular complexity index is 1490. The second-order valence-corrected chi connectivity index (χ2v) is 9.38. The highest BCUT2D eigenvalue weighted by molar-refractivity contribution is 6.03. The number of anilines is 2. The lowest BCUT2D eigenvalue weighted by Crippen LogP contribution is -2.41. The number of aromatic nitrogens is 2. The van der Waals surface area contributed by atoms with Gasteiger partial charge in [0.2, 0.25) is 0 Å². The van der Waals surface area contributed by atoms with Crippen LogP contribution in [0.3, 0.4) is 0 Å². The summed E-state index contributed by atoms with van der Waals surface area (Å²) in [6.45, 7) is 3.94. The number of piperidine rings is 1. The van der Waals surface area contributed by atoms with Crippen molar-refractivity contribution in [3.63, 3.8) is 0 Å². The number of carboxylic acids is 1. The van der Waals surface area contributed by atoms with Crippen LogP contribution in [-0.4, -0.2) is 52.8 Å². The molecule has 10 nitrogen and oxygen atoms in total. The van der Waals surface area contributed by atoms with Crippen LogP contribution in [0, 0.1) is 0 Å². The fraction of sp³-hybridized carbons (Fsp3) is 0.226. The van der Waals surface area contributed by atoms with Crippen LogP contribution < -0.4 is 24.4 Å². The highest BCUT2D eigenvalue weighted by Gasteiger charge is 2.24. The predicted octanol–water partition coefficient (Wildman–Crippen LogP) is 5.67. The average Bonchev–Trinajstić information content (AvgIpc) is 2.99. The SMILES string of the molecule is CCOc1ccccc1O[C@@H]1CCCN(c2cncc(NC(=O)c3ccc(Oc4ccc(C(=O)O)cc4)cc3)n2)C1. The normalized spacial score (nSPS) is 14.7.